The lowest BCUT2D eigenvalue weighted by Gasteiger charge is -2.34. The van der Waals surface area contributed by atoms with Gasteiger partial charge < -0.3 is 4.74 Å². The zero-order valence-electron chi connectivity index (χ0n) is 17.1. The molecule has 1 amide bonds. The molecule has 2 aromatic carbocycles. The second-order valence-electron chi connectivity index (χ2n) is 6.89. The van der Waals surface area contributed by atoms with Crippen molar-refractivity contribution >= 4 is 49.8 Å². The Kier molecular flexibility index (Phi) is 6.49. The Morgan fingerprint density at radius 3 is 2.84 bits per heavy atom. The van der Waals surface area contributed by atoms with Gasteiger partial charge in [0.15, 0.2) is 10.4 Å². The van der Waals surface area contributed by atoms with Crippen molar-refractivity contribution in [3.05, 3.63) is 66.7 Å². The van der Waals surface area contributed by atoms with Gasteiger partial charge in [0.1, 0.15) is 5.75 Å². The fourth-order valence-electron chi connectivity index (χ4n) is 3.08. The number of thioether (sulfide) groups is 1. The maximum atomic E-state index is 13.4. The number of aryl methyl sites for hydroxylation is 1. The molecule has 11 heteroatoms. The zero-order chi connectivity index (χ0) is 22.7. The van der Waals surface area contributed by atoms with E-state index in [-0.39, 0.29) is 11.4 Å². The van der Waals surface area contributed by atoms with Crippen LogP contribution in [-0.2, 0) is 14.8 Å². The quantitative estimate of drug-likeness (QED) is 0.307. The third-order valence-electron chi connectivity index (χ3n) is 4.57. The first-order valence-electron chi connectivity index (χ1n) is 9.61. The highest BCUT2D eigenvalue weighted by Crippen LogP contribution is 2.38. The lowest BCUT2D eigenvalue weighted by molar-refractivity contribution is -0.122. The Balaban J connectivity index is 1.61. The second-order valence-corrected chi connectivity index (χ2v) is 11.0. The van der Waals surface area contributed by atoms with Crippen LogP contribution in [0.15, 0.2) is 70.4 Å². The Morgan fingerprint density at radius 2 is 2.09 bits per heavy atom. The van der Waals surface area contributed by atoms with Crippen molar-refractivity contribution in [1.29, 1.82) is 0 Å². The first-order chi connectivity index (χ1) is 15.4. The molecule has 1 atom stereocenters. The van der Waals surface area contributed by atoms with Crippen LogP contribution in [0.25, 0.3) is 0 Å². The molecule has 0 radical (unpaired) electrons. The number of amides is 1. The monoisotopic (exact) mass is 488 g/mol. The number of hydrogen-bond donors (Lipinski definition) is 1. The molecule has 166 valence electrons. The molecule has 0 saturated heterocycles. The van der Waals surface area contributed by atoms with Gasteiger partial charge in [-0.05, 0) is 36.8 Å². The number of carbonyl (C=O) groups excluding carboxylic acids is 1. The van der Waals surface area contributed by atoms with Gasteiger partial charge in [0.2, 0.25) is 5.13 Å². The van der Waals surface area contributed by atoms with Gasteiger partial charge in [0.25, 0.3) is 15.9 Å². The van der Waals surface area contributed by atoms with Crippen LogP contribution in [0, 0.1) is 6.92 Å². The molecule has 4 rings (SSSR count). The molecular weight excluding hydrogens is 468 g/mol. The van der Waals surface area contributed by atoms with Gasteiger partial charge in [-0.1, -0.05) is 53.4 Å². The molecule has 2 heterocycles. The highest BCUT2D eigenvalue weighted by atomic mass is 32.2. The Hall–Kier alpha value is -2.89. The fraction of sp³-hybridized carbons (Fsp3) is 0.190. The van der Waals surface area contributed by atoms with Crippen molar-refractivity contribution in [2.45, 2.75) is 22.3 Å². The van der Waals surface area contributed by atoms with Gasteiger partial charge in [0, 0.05) is 5.75 Å². The molecular formula is C21H20N4O4S3. The second kappa shape index (κ2) is 9.31. The lowest BCUT2D eigenvalue weighted by atomic mass is 10.1. The van der Waals surface area contributed by atoms with Gasteiger partial charge in [-0.25, -0.2) is 8.42 Å². The predicted octanol–water partition coefficient (Wildman–Crippen LogP) is 3.72. The predicted molar refractivity (Wildman–Crippen MR) is 126 cm³/mol. The van der Waals surface area contributed by atoms with Crippen molar-refractivity contribution in [2.24, 2.45) is 0 Å². The normalized spacial score (nSPS) is 15.5. The topological polar surface area (TPSA) is 101 Å². The summed E-state index contributed by atoms with van der Waals surface area (Å²) >= 11 is 2.68. The Labute approximate surface area is 194 Å². The van der Waals surface area contributed by atoms with Crippen LogP contribution in [0.1, 0.15) is 5.56 Å². The summed E-state index contributed by atoms with van der Waals surface area (Å²) in [4.78, 5) is 13.1. The molecule has 1 N–H and O–H groups in total. The first kappa shape index (κ1) is 22.3. The molecule has 1 aromatic heterocycles. The minimum absolute atomic E-state index is 0.139. The van der Waals surface area contributed by atoms with Crippen LogP contribution >= 0.6 is 23.1 Å². The summed E-state index contributed by atoms with van der Waals surface area (Å²) in [6.45, 7) is 5.36. The van der Waals surface area contributed by atoms with E-state index in [0.717, 1.165) is 5.56 Å². The van der Waals surface area contributed by atoms with E-state index in [1.807, 2.05) is 6.92 Å². The Bertz CT molecular complexity index is 1240. The Morgan fingerprint density at radius 1 is 1.31 bits per heavy atom. The van der Waals surface area contributed by atoms with E-state index in [4.69, 9.17) is 4.74 Å². The van der Waals surface area contributed by atoms with Crippen LogP contribution in [-0.4, -0.2) is 42.9 Å². The third-order valence-corrected chi connectivity index (χ3v) is 8.33. The molecule has 32 heavy (non-hydrogen) atoms. The fourth-order valence-corrected chi connectivity index (χ4v) is 6.09. The standard InChI is InChI=1S/C21H20N4O4S3/c1-3-11-30-21-24-23-20(31-21)22-19(26)18-13-25(16-10-9-14(2)12-17(16)29-18)32(27,28)15-7-5-4-6-8-15/h3-10,12,18H,1,11,13H2,2H3,(H,22,23,26)/t18-/m1/s1. The summed E-state index contributed by atoms with van der Waals surface area (Å²) in [7, 11) is -3.90. The van der Waals surface area contributed by atoms with Crippen LogP contribution in [0.2, 0.25) is 0 Å². The molecule has 0 unspecified atom stereocenters. The van der Waals surface area contributed by atoms with Crippen molar-refractivity contribution in [1.82, 2.24) is 10.2 Å². The molecule has 8 nitrogen and oxygen atoms in total. The average Bonchev–Trinajstić information content (AvgIpc) is 3.24. The minimum atomic E-state index is -3.90. The lowest BCUT2D eigenvalue weighted by Crippen LogP contribution is -2.48. The molecule has 1 aliphatic heterocycles. The number of sulfonamides is 1. The van der Waals surface area contributed by atoms with E-state index in [1.54, 1.807) is 42.5 Å². The summed E-state index contributed by atoms with van der Waals surface area (Å²) in [5.41, 5.74) is 1.28. The van der Waals surface area contributed by atoms with Crippen LogP contribution < -0.4 is 14.4 Å². The molecule has 0 aliphatic carbocycles. The van der Waals surface area contributed by atoms with Crippen molar-refractivity contribution in [2.75, 3.05) is 21.9 Å². The smallest absolute Gasteiger partial charge is 0.269 e. The van der Waals surface area contributed by atoms with Gasteiger partial charge >= 0.3 is 0 Å². The third kappa shape index (κ3) is 4.64. The summed E-state index contributed by atoms with van der Waals surface area (Å²) in [6, 6.07) is 13.3. The van der Waals surface area contributed by atoms with Crippen LogP contribution in [0.3, 0.4) is 0 Å². The number of hydrogen-bond acceptors (Lipinski definition) is 8. The average molecular weight is 489 g/mol. The largest absolute Gasteiger partial charge is 0.476 e. The molecule has 0 bridgehead atoms. The van der Waals surface area contributed by atoms with E-state index in [9.17, 15) is 13.2 Å². The molecule has 0 saturated carbocycles. The maximum Gasteiger partial charge on any atom is 0.269 e. The number of benzene rings is 2. The molecule has 1 aliphatic rings. The summed E-state index contributed by atoms with van der Waals surface area (Å²) in [6.07, 6.45) is 0.692. The van der Waals surface area contributed by atoms with Crippen molar-refractivity contribution < 1.29 is 17.9 Å². The van der Waals surface area contributed by atoms with E-state index >= 15 is 0 Å². The van der Waals surface area contributed by atoms with E-state index in [1.165, 1.54) is 39.5 Å². The summed E-state index contributed by atoms with van der Waals surface area (Å²) < 4.78 is 34.6. The summed E-state index contributed by atoms with van der Waals surface area (Å²) in [5.74, 6) is 0.508. The first-order valence-corrected chi connectivity index (χ1v) is 12.9. The number of anilines is 2. The van der Waals surface area contributed by atoms with Crippen LogP contribution in [0.5, 0.6) is 5.75 Å². The van der Waals surface area contributed by atoms with Gasteiger partial charge in [-0.3, -0.25) is 14.4 Å². The van der Waals surface area contributed by atoms with Gasteiger partial charge in [0.05, 0.1) is 17.1 Å². The van der Waals surface area contributed by atoms with E-state index in [2.05, 4.69) is 22.1 Å². The number of aromatic nitrogens is 2. The number of fused-ring (bicyclic) bond motifs is 1. The molecule has 0 fully saturated rings. The van der Waals surface area contributed by atoms with Crippen LogP contribution in [0.4, 0.5) is 10.8 Å². The van der Waals surface area contributed by atoms with Gasteiger partial charge in [-0.15, -0.1) is 16.8 Å². The van der Waals surface area contributed by atoms with E-state index < -0.39 is 22.0 Å². The molecule has 0 spiro atoms. The highest BCUT2D eigenvalue weighted by molar-refractivity contribution is 8.01. The molecule has 3 aromatic rings. The highest BCUT2D eigenvalue weighted by Gasteiger charge is 2.37. The number of nitrogens with one attached hydrogen (secondary N) is 1. The van der Waals surface area contributed by atoms with Crippen molar-refractivity contribution in [3.8, 4) is 5.75 Å². The van der Waals surface area contributed by atoms with Gasteiger partial charge in [-0.2, -0.15) is 0 Å². The summed E-state index contributed by atoms with van der Waals surface area (Å²) in [5, 5.41) is 11.0. The SMILES string of the molecule is C=CCSc1nnc(NC(=O)[C@H]2CN(S(=O)(=O)c3ccccc3)c3ccc(C)cc3O2)s1. The number of carbonyl (C=O) groups is 1. The number of rotatable bonds is 7. The van der Waals surface area contributed by atoms with E-state index in [0.29, 0.717) is 26.7 Å². The van der Waals surface area contributed by atoms with Crippen molar-refractivity contribution in [3.63, 3.8) is 0 Å². The zero-order valence-corrected chi connectivity index (χ0v) is 19.5. The minimum Gasteiger partial charge on any atom is -0.476 e. The maximum absolute atomic E-state index is 13.4. The number of ether oxygens (including phenoxy) is 1. The number of nitrogens with zero attached hydrogens (tertiary/aromatic N) is 3.